The fourth-order valence-corrected chi connectivity index (χ4v) is 2.11. The molecule has 0 saturated heterocycles. The van der Waals surface area contributed by atoms with Gasteiger partial charge in [0, 0.05) is 18.0 Å². The van der Waals surface area contributed by atoms with E-state index in [0.717, 1.165) is 16.7 Å². The average Bonchev–Trinajstić information content (AvgIpc) is 2.54. The van der Waals surface area contributed by atoms with Crippen molar-refractivity contribution in [2.45, 2.75) is 19.1 Å². The lowest BCUT2D eigenvalue weighted by Crippen LogP contribution is -2.39. The molecule has 0 aliphatic rings. The molecule has 1 atom stereocenters. The van der Waals surface area contributed by atoms with Crippen molar-refractivity contribution in [1.29, 1.82) is 0 Å². The largest absolute Gasteiger partial charge is 0.401 e. The van der Waals surface area contributed by atoms with Gasteiger partial charge >= 0.3 is 6.18 Å². The highest BCUT2D eigenvalue weighted by Crippen LogP contribution is 2.20. The SMILES string of the molecule is C[C@H](NC(=O)CNCC(F)(F)F)c1ccc(-c2cncnc2)cc1. The highest BCUT2D eigenvalue weighted by Gasteiger charge is 2.26. The first-order valence-electron chi connectivity index (χ1n) is 7.27. The van der Waals surface area contributed by atoms with Crippen LogP contribution in [0.2, 0.25) is 0 Å². The first-order valence-corrected chi connectivity index (χ1v) is 7.27. The number of nitrogens with zero attached hydrogens (tertiary/aromatic N) is 2. The van der Waals surface area contributed by atoms with Crippen LogP contribution in [0.3, 0.4) is 0 Å². The highest BCUT2D eigenvalue weighted by atomic mass is 19.4. The molecule has 5 nitrogen and oxygen atoms in total. The molecule has 0 unspecified atom stereocenters. The molecule has 0 spiro atoms. The Morgan fingerprint density at radius 1 is 1.12 bits per heavy atom. The minimum Gasteiger partial charge on any atom is -0.348 e. The van der Waals surface area contributed by atoms with Gasteiger partial charge in [-0.3, -0.25) is 4.79 Å². The summed E-state index contributed by atoms with van der Waals surface area (Å²) in [6.07, 6.45) is 0.504. The Hall–Kier alpha value is -2.48. The van der Waals surface area contributed by atoms with Crippen LogP contribution in [0.5, 0.6) is 0 Å². The van der Waals surface area contributed by atoms with Crippen molar-refractivity contribution in [1.82, 2.24) is 20.6 Å². The number of carbonyl (C=O) groups is 1. The van der Waals surface area contributed by atoms with Gasteiger partial charge in [0.1, 0.15) is 6.33 Å². The molecule has 2 N–H and O–H groups in total. The van der Waals surface area contributed by atoms with Crippen LogP contribution in [0.15, 0.2) is 43.0 Å². The number of hydrogen-bond acceptors (Lipinski definition) is 4. The fraction of sp³-hybridized carbons (Fsp3) is 0.312. The Kier molecular flexibility index (Phi) is 5.86. The van der Waals surface area contributed by atoms with Crippen LogP contribution in [0.4, 0.5) is 13.2 Å². The second-order valence-corrected chi connectivity index (χ2v) is 5.26. The van der Waals surface area contributed by atoms with Crippen LogP contribution in [-0.4, -0.2) is 35.1 Å². The number of hydrogen-bond donors (Lipinski definition) is 2. The molecule has 0 aliphatic carbocycles. The van der Waals surface area contributed by atoms with E-state index in [0.29, 0.717) is 0 Å². The molecule has 1 amide bonds. The van der Waals surface area contributed by atoms with Gasteiger partial charge in [-0.15, -0.1) is 0 Å². The molecule has 0 bridgehead atoms. The molecular weight excluding hydrogens is 321 g/mol. The lowest BCUT2D eigenvalue weighted by Gasteiger charge is -2.15. The van der Waals surface area contributed by atoms with E-state index < -0.39 is 18.6 Å². The molecule has 0 saturated carbocycles. The molecule has 2 aromatic rings. The Labute approximate surface area is 137 Å². The monoisotopic (exact) mass is 338 g/mol. The molecule has 8 heteroatoms. The summed E-state index contributed by atoms with van der Waals surface area (Å²) < 4.78 is 36.0. The van der Waals surface area contributed by atoms with Crippen LogP contribution in [0.1, 0.15) is 18.5 Å². The number of halogens is 3. The van der Waals surface area contributed by atoms with Gasteiger partial charge in [-0.1, -0.05) is 24.3 Å². The highest BCUT2D eigenvalue weighted by molar-refractivity contribution is 5.78. The second-order valence-electron chi connectivity index (χ2n) is 5.26. The van der Waals surface area contributed by atoms with Crippen LogP contribution >= 0.6 is 0 Å². The number of alkyl halides is 3. The minimum absolute atomic E-state index is 0.314. The summed E-state index contributed by atoms with van der Waals surface area (Å²) in [6.45, 7) is 0.189. The standard InChI is InChI=1S/C16H17F3N4O/c1-11(23-15(24)8-20-9-16(17,18)19)12-2-4-13(5-3-12)14-6-21-10-22-7-14/h2-7,10-11,20H,8-9H2,1H3,(H,23,24)/t11-/m0/s1. The number of aromatic nitrogens is 2. The molecule has 128 valence electrons. The molecule has 1 aromatic carbocycles. The number of amides is 1. The first-order chi connectivity index (χ1) is 11.3. The minimum atomic E-state index is -4.33. The van der Waals surface area contributed by atoms with Gasteiger partial charge in [-0.05, 0) is 18.1 Å². The van der Waals surface area contributed by atoms with Crippen LogP contribution in [0, 0.1) is 0 Å². The van der Waals surface area contributed by atoms with E-state index >= 15 is 0 Å². The van der Waals surface area contributed by atoms with Gasteiger partial charge in [0.15, 0.2) is 0 Å². The molecule has 0 radical (unpaired) electrons. The summed E-state index contributed by atoms with van der Waals surface area (Å²) >= 11 is 0. The van der Waals surface area contributed by atoms with E-state index in [2.05, 4.69) is 20.6 Å². The van der Waals surface area contributed by atoms with Gasteiger partial charge in [0.25, 0.3) is 0 Å². The quantitative estimate of drug-likeness (QED) is 0.849. The third-order valence-electron chi connectivity index (χ3n) is 3.29. The van der Waals surface area contributed by atoms with Crippen LogP contribution < -0.4 is 10.6 Å². The van der Waals surface area contributed by atoms with Gasteiger partial charge in [0.2, 0.25) is 5.91 Å². The second kappa shape index (κ2) is 7.87. The van der Waals surface area contributed by atoms with Crippen molar-refractivity contribution in [2.24, 2.45) is 0 Å². The summed E-state index contributed by atoms with van der Waals surface area (Å²) in [6, 6.07) is 7.12. The molecule has 0 fully saturated rings. The number of nitrogens with one attached hydrogen (secondary N) is 2. The normalized spacial score (nSPS) is 12.7. The van der Waals surface area contributed by atoms with Crippen LogP contribution in [0.25, 0.3) is 11.1 Å². The Morgan fingerprint density at radius 3 is 2.33 bits per heavy atom. The van der Waals surface area contributed by atoms with E-state index in [9.17, 15) is 18.0 Å². The van der Waals surface area contributed by atoms with E-state index in [-0.39, 0.29) is 12.6 Å². The predicted molar refractivity (Wildman–Crippen MR) is 83.0 cm³/mol. The smallest absolute Gasteiger partial charge is 0.348 e. The first kappa shape index (κ1) is 17.9. The number of rotatable bonds is 6. The van der Waals surface area contributed by atoms with Crippen molar-refractivity contribution >= 4 is 5.91 Å². The maximum Gasteiger partial charge on any atom is 0.401 e. The predicted octanol–water partition coefficient (Wildman–Crippen LogP) is 2.47. The maximum absolute atomic E-state index is 12.0. The van der Waals surface area contributed by atoms with Crippen molar-refractivity contribution in [3.8, 4) is 11.1 Å². The summed E-state index contributed by atoms with van der Waals surface area (Å²) in [5, 5.41) is 4.71. The average molecular weight is 338 g/mol. The maximum atomic E-state index is 12.0. The Bertz CT molecular complexity index is 659. The van der Waals surface area contributed by atoms with Gasteiger partial charge < -0.3 is 10.6 Å². The van der Waals surface area contributed by atoms with Crippen molar-refractivity contribution < 1.29 is 18.0 Å². The van der Waals surface area contributed by atoms with Crippen LogP contribution in [-0.2, 0) is 4.79 Å². The van der Waals surface area contributed by atoms with Gasteiger partial charge in [-0.2, -0.15) is 13.2 Å². The summed E-state index contributed by atoms with van der Waals surface area (Å²) in [5.41, 5.74) is 2.65. The molecule has 1 heterocycles. The lowest BCUT2D eigenvalue weighted by atomic mass is 10.0. The van der Waals surface area contributed by atoms with Crippen molar-refractivity contribution in [2.75, 3.05) is 13.1 Å². The summed E-state index contributed by atoms with van der Waals surface area (Å²) in [4.78, 5) is 19.5. The van der Waals surface area contributed by atoms with Gasteiger partial charge in [-0.25, -0.2) is 9.97 Å². The third kappa shape index (κ3) is 5.62. The molecule has 0 aliphatic heterocycles. The molecule has 24 heavy (non-hydrogen) atoms. The van der Waals surface area contributed by atoms with Gasteiger partial charge in [0.05, 0.1) is 19.1 Å². The summed E-state index contributed by atoms with van der Waals surface area (Å²) in [7, 11) is 0. The van der Waals surface area contributed by atoms with E-state index in [1.165, 1.54) is 6.33 Å². The third-order valence-corrected chi connectivity index (χ3v) is 3.29. The zero-order valence-electron chi connectivity index (χ0n) is 13.0. The lowest BCUT2D eigenvalue weighted by molar-refractivity contribution is -0.128. The van der Waals surface area contributed by atoms with Crippen molar-refractivity contribution in [3.05, 3.63) is 48.5 Å². The zero-order chi connectivity index (χ0) is 17.6. The Morgan fingerprint density at radius 2 is 1.75 bits per heavy atom. The van der Waals surface area contributed by atoms with E-state index in [1.807, 2.05) is 24.3 Å². The molecule has 2 rings (SSSR count). The molecule has 1 aromatic heterocycles. The molecular formula is C16H17F3N4O. The van der Waals surface area contributed by atoms with Crippen molar-refractivity contribution in [3.63, 3.8) is 0 Å². The van der Waals surface area contributed by atoms with E-state index in [1.54, 1.807) is 19.3 Å². The fourth-order valence-electron chi connectivity index (χ4n) is 2.11. The Balaban J connectivity index is 1.88. The zero-order valence-corrected chi connectivity index (χ0v) is 13.0. The number of carbonyl (C=O) groups excluding carboxylic acids is 1. The van der Waals surface area contributed by atoms with E-state index in [4.69, 9.17) is 0 Å². The summed E-state index contributed by atoms with van der Waals surface area (Å²) in [5.74, 6) is -0.493. The number of benzene rings is 1. The topological polar surface area (TPSA) is 66.9 Å².